The number of pyridine rings is 1. The van der Waals surface area contributed by atoms with Gasteiger partial charge in [-0.1, -0.05) is 5.16 Å². The number of nitrogens with zero attached hydrogens (tertiary/aromatic N) is 3. The van der Waals surface area contributed by atoms with E-state index in [1.165, 1.54) is 0 Å². The third-order valence-corrected chi connectivity index (χ3v) is 2.79. The second-order valence-corrected chi connectivity index (χ2v) is 4.59. The average molecular weight is 274 g/mol. The zero-order valence-electron chi connectivity index (χ0n) is 10.8. The summed E-state index contributed by atoms with van der Waals surface area (Å²) in [5, 5.41) is 6.67. The van der Waals surface area contributed by atoms with E-state index >= 15 is 0 Å². The first kappa shape index (κ1) is 12.7. The molecule has 7 nitrogen and oxygen atoms in total. The molecule has 20 heavy (non-hydrogen) atoms. The van der Waals surface area contributed by atoms with Crippen molar-refractivity contribution >= 4 is 5.91 Å². The fourth-order valence-electron chi connectivity index (χ4n) is 1.65. The molecule has 2 heterocycles. The van der Waals surface area contributed by atoms with Gasteiger partial charge in [-0.3, -0.25) is 9.78 Å². The zero-order valence-corrected chi connectivity index (χ0v) is 10.8. The number of amides is 1. The van der Waals surface area contributed by atoms with Crippen LogP contribution < -0.4 is 5.32 Å². The van der Waals surface area contributed by atoms with Crippen LogP contribution in [0.5, 0.6) is 0 Å². The number of carbonyl (C=O) groups is 1. The Kier molecular flexibility index (Phi) is 3.69. The highest BCUT2D eigenvalue weighted by molar-refractivity contribution is 5.77. The molecule has 0 spiro atoms. The molecule has 0 atom stereocenters. The molecule has 0 saturated heterocycles. The van der Waals surface area contributed by atoms with Gasteiger partial charge in [-0.25, -0.2) is 0 Å². The summed E-state index contributed by atoms with van der Waals surface area (Å²) < 4.78 is 10.3. The first-order chi connectivity index (χ1) is 9.81. The highest BCUT2D eigenvalue weighted by atomic mass is 16.5. The molecule has 1 saturated carbocycles. The van der Waals surface area contributed by atoms with Crippen LogP contribution in [0.1, 0.15) is 18.7 Å². The van der Waals surface area contributed by atoms with Crippen molar-refractivity contribution in [1.29, 1.82) is 0 Å². The van der Waals surface area contributed by atoms with Gasteiger partial charge in [0.1, 0.15) is 13.2 Å². The number of hydrogen-bond acceptors (Lipinski definition) is 6. The van der Waals surface area contributed by atoms with Crippen molar-refractivity contribution in [1.82, 2.24) is 20.4 Å². The lowest BCUT2D eigenvalue weighted by molar-refractivity contribution is -0.126. The molecule has 1 aliphatic carbocycles. The molecule has 1 fully saturated rings. The van der Waals surface area contributed by atoms with E-state index in [0.29, 0.717) is 17.8 Å². The Hall–Kier alpha value is -2.28. The molecule has 0 aliphatic heterocycles. The first-order valence-electron chi connectivity index (χ1n) is 6.41. The van der Waals surface area contributed by atoms with Gasteiger partial charge in [0.25, 0.3) is 5.89 Å². The molecule has 0 radical (unpaired) electrons. The predicted molar refractivity (Wildman–Crippen MR) is 68.3 cm³/mol. The highest BCUT2D eigenvalue weighted by Crippen LogP contribution is 2.18. The van der Waals surface area contributed by atoms with Crippen molar-refractivity contribution in [2.75, 3.05) is 6.61 Å². The lowest BCUT2D eigenvalue weighted by Gasteiger charge is -2.02. The number of ether oxygens (including phenoxy) is 1. The summed E-state index contributed by atoms with van der Waals surface area (Å²) in [5.74, 6) is 0.682. The smallest absolute Gasteiger partial charge is 0.252 e. The predicted octanol–water partition coefficient (Wildman–Crippen LogP) is 0.927. The van der Waals surface area contributed by atoms with Gasteiger partial charge in [0.15, 0.2) is 0 Å². The van der Waals surface area contributed by atoms with Crippen LogP contribution in [0.2, 0.25) is 0 Å². The van der Waals surface area contributed by atoms with Crippen molar-refractivity contribution in [2.45, 2.75) is 25.5 Å². The van der Waals surface area contributed by atoms with E-state index in [9.17, 15) is 4.79 Å². The van der Waals surface area contributed by atoms with E-state index in [1.807, 2.05) is 6.07 Å². The molecule has 2 aromatic heterocycles. The number of nitrogens with one attached hydrogen (secondary N) is 1. The normalized spacial score (nSPS) is 14.2. The van der Waals surface area contributed by atoms with Crippen molar-refractivity contribution in [2.24, 2.45) is 0 Å². The van der Waals surface area contributed by atoms with E-state index < -0.39 is 0 Å². The molecule has 2 aromatic rings. The maximum Gasteiger partial charge on any atom is 0.252 e. The van der Waals surface area contributed by atoms with Gasteiger partial charge in [-0.2, -0.15) is 4.98 Å². The molecule has 0 unspecified atom stereocenters. The zero-order chi connectivity index (χ0) is 13.8. The Labute approximate surface area is 115 Å². The van der Waals surface area contributed by atoms with E-state index in [2.05, 4.69) is 20.4 Å². The Bertz CT molecular complexity index is 580. The lowest BCUT2D eigenvalue weighted by atomic mass is 10.3. The Balaban J connectivity index is 1.48. The number of aromatic nitrogens is 3. The molecule has 0 aromatic carbocycles. The minimum absolute atomic E-state index is 0.00110. The largest absolute Gasteiger partial charge is 0.362 e. The van der Waals surface area contributed by atoms with Gasteiger partial charge in [0.05, 0.1) is 0 Å². The molecule has 3 rings (SSSR count). The molecule has 104 valence electrons. The third-order valence-electron chi connectivity index (χ3n) is 2.79. The first-order valence-corrected chi connectivity index (χ1v) is 6.41. The van der Waals surface area contributed by atoms with E-state index in [-0.39, 0.29) is 19.1 Å². The third kappa shape index (κ3) is 3.39. The Morgan fingerprint density at radius 2 is 2.40 bits per heavy atom. The summed E-state index contributed by atoms with van der Waals surface area (Å²) in [4.78, 5) is 19.6. The van der Waals surface area contributed by atoms with Crippen molar-refractivity contribution in [3.63, 3.8) is 0 Å². The number of rotatable bonds is 6. The van der Waals surface area contributed by atoms with Gasteiger partial charge in [-0.15, -0.1) is 0 Å². The topological polar surface area (TPSA) is 90.1 Å². The van der Waals surface area contributed by atoms with E-state index in [1.54, 1.807) is 18.5 Å². The maximum absolute atomic E-state index is 11.4. The summed E-state index contributed by atoms with van der Waals surface area (Å²) in [7, 11) is 0. The summed E-state index contributed by atoms with van der Waals surface area (Å²) >= 11 is 0. The van der Waals surface area contributed by atoms with Crippen LogP contribution >= 0.6 is 0 Å². The molecular formula is C13H14N4O3. The summed E-state index contributed by atoms with van der Waals surface area (Å²) in [6, 6.07) is 3.97. The molecule has 0 bridgehead atoms. The molecule has 7 heteroatoms. The van der Waals surface area contributed by atoms with Crippen LogP contribution in [-0.2, 0) is 16.1 Å². The summed E-state index contributed by atoms with van der Waals surface area (Å²) in [6.45, 7) is 0.118. The fraction of sp³-hybridized carbons (Fsp3) is 0.385. The molecule has 1 amide bonds. The number of hydrogen-bond donors (Lipinski definition) is 1. The highest BCUT2D eigenvalue weighted by Gasteiger charge is 2.23. The molecule has 1 N–H and O–H groups in total. The van der Waals surface area contributed by atoms with Gasteiger partial charge in [-0.05, 0) is 25.0 Å². The van der Waals surface area contributed by atoms with Crippen LogP contribution in [0.25, 0.3) is 11.4 Å². The molecular weight excluding hydrogens is 260 g/mol. The SMILES string of the molecule is O=C(COCc1nc(-c2cccnc2)no1)NC1CC1. The van der Waals surface area contributed by atoms with Gasteiger partial charge >= 0.3 is 0 Å². The minimum atomic E-state index is -0.112. The standard InChI is InChI=1S/C13H14N4O3/c18-11(15-10-3-4-10)7-19-8-12-16-13(17-20-12)9-2-1-5-14-6-9/h1-2,5-6,10H,3-4,7-8H2,(H,15,18). The van der Waals surface area contributed by atoms with Gasteiger partial charge in [0.2, 0.25) is 11.7 Å². The quantitative estimate of drug-likeness (QED) is 0.842. The monoisotopic (exact) mass is 274 g/mol. The van der Waals surface area contributed by atoms with Crippen molar-refractivity contribution < 1.29 is 14.1 Å². The molecule has 1 aliphatic rings. The van der Waals surface area contributed by atoms with Gasteiger partial charge in [0, 0.05) is 24.0 Å². The minimum Gasteiger partial charge on any atom is -0.362 e. The number of carbonyl (C=O) groups excluding carboxylic acids is 1. The maximum atomic E-state index is 11.4. The van der Waals surface area contributed by atoms with Crippen LogP contribution in [0.4, 0.5) is 0 Å². The Morgan fingerprint density at radius 3 is 3.15 bits per heavy atom. The van der Waals surface area contributed by atoms with Crippen molar-refractivity contribution in [3.05, 3.63) is 30.4 Å². The Morgan fingerprint density at radius 1 is 1.50 bits per heavy atom. The van der Waals surface area contributed by atoms with Crippen LogP contribution in [-0.4, -0.2) is 33.7 Å². The lowest BCUT2D eigenvalue weighted by Crippen LogP contribution is -2.29. The van der Waals surface area contributed by atoms with Crippen LogP contribution in [0, 0.1) is 0 Å². The fourth-order valence-corrected chi connectivity index (χ4v) is 1.65. The second-order valence-electron chi connectivity index (χ2n) is 4.59. The van der Waals surface area contributed by atoms with Crippen LogP contribution in [0.15, 0.2) is 29.0 Å². The average Bonchev–Trinajstić information content (AvgIpc) is 3.15. The van der Waals surface area contributed by atoms with E-state index in [0.717, 1.165) is 18.4 Å². The van der Waals surface area contributed by atoms with Crippen LogP contribution in [0.3, 0.4) is 0 Å². The summed E-state index contributed by atoms with van der Waals surface area (Å²) in [6.07, 6.45) is 5.44. The second kappa shape index (κ2) is 5.79. The summed E-state index contributed by atoms with van der Waals surface area (Å²) in [5.41, 5.74) is 0.772. The van der Waals surface area contributed by atoms with Gasteiger partial charge < -0.3 is 14.6 Å². The van der Waals surface area contributed by atoms with E-state index in [4.69, 9.17) is 9.26 Å². The van der Waals surface area contributed by atoms with Crippen molar-refractivity contribution in [3.8, 4) is 11.4 Å².